The second kappa shape index (κ2) is 4.52. The smallest absolute Gasteiger partial charge is 0.142 e. The van der Waals surface area contributed by atoms with Gasteiger partial charge >= 0.3 is 0 Å². The van der Waals surface area contributed by atoms with Gasteiger partial charge in [0, 0.05) is 24.2 Å². The number of nitrogen functional groups attached to an aromatic ring is 1. The van der Waals surface area contributed by atoms with E-state index in [9.17, 15) is 0 Å². The molecule has 0 aromatic carbocycles. The molecular weight excluding hydrogens is 214 g/mol. The van der Waals surface area contributed by atoms with Crippen molar-refractivity contribution in [2.24, 2.45) is 5.73 Å². The Morgan fingerprint density at radius 3 is 2.88 bits per heavy atom. The Labute approximate surface area is 98.6 Å². The van der Waals surface area contributed by atoms with Gasteiger partial charge in [0.1, 0.15) is 11.5 Å². The van der Waals surface area contributed by atoms with Crippen LogP contribution in [0.4, 0.5) is 5.82 Å². The highest BCUT2D eigenvalue weighted by Crippen LogP contribution is 2.10. The number of nitrogens with two attached hydrogens (primary N) is 2. The summed E-state index contributed by atoms with van der Waals surface area (Å²) in [6.07, 6.45) is 9.89. The van der Waals surface area contributed by atoms with Crippen LogP contribution in [0.5, 0.6) is 0 Å². The van der Waals surface area contributed by atoms with E-state index < -0.39 is 0 Å². The van der Waals surface area contributed by atoms with Crippen molar-refractivity contribution in [3.8, 4) is 0 Å². The summed E-state index contributed by atoms with van der Waals surface area (Å²) in [6, 6.07) is 3.81. The Balaban J connectivity index is 2.33. The van der Waals surface area contributed by atoms with E-state index in [0.717, 1.165) is 11.2 Å². The molecule has 2 aromatic rings. The van der Waals surface area contributed by atoms with Crippen LogP contribution in [0.3, 0.4) is 0 Å². The Morgan fingerprint density at radius 2 is 2.18 bits per heavy atom. The molecule has 2 rings (SSSR count). The lowest BCUT2D eigenvalue weighted by Gasteiger charge is -1.96. The molecule has 2 aromatic heterocycles. The zero-order chi connectivity index (χ0) is 12.3. The van der Waals surface area contributed by atoms with Gasteiger partial charge in [-0.05, 0) is 17.7 Å². The summed E-state index contributed by atoms with van der Waals surface area (Å²) in [5, 5.41) is 7.10. The van der Waals surface area contributed by atoms with Crippen molar-refractivity contribution in [2.45, 2.75) is 0 Å². The average molecular weight is 227 g/mol. The highest BCUT2D eigenvalue weighted by molar-refractivity contribution is 5.81. The molecule has 0 aliphatic rings. The number of hydrogen-bond donors (Lipinski definition) is 3. The van der Waals surface area contributed by atoms with Gasteiger partial charge in [-0.25, -0.2) is 4.98 Å². The topological polar surface area (TPSA) is 93.2 Å². The first-order valence-electron chi connectivity index (χ1n) is 5.07. The lowest BCUT2D eigenvalue weighted by molar-refractivity contribution is 1.18. The average Bonchev–Trinajstić information content (AvgIpc) is 2.69. The van der Waals surface area contributed by atoms with Gasteiger partial charge in [-0.1, -0.05) is 12.2 Å². The number of nitrogens with one attached hydrogen (secondary N) is 1. The molecule has 5 heteroatoms. The van der Waals surface area contributed by atoms with Crippen molar-refractivity contribution in [1.29, 1.82) is 5.41 Å². The van der Waals surface area contributed by atoms with Crippen LogP contribution < -0.4 is 11.5 Å². The van der Waals surface area contributed by atoms with E-state index in [1.54, 1.807) is 12.3 Å². The van der Waals surface area contributed by atoms with E-state index in [0.29, 0.717) is 11.4 Å². The van der Waals surface area contributed by atoms with Gasteiger partial charge in [-0.3, -0.25) is 0 Å². The monoisotopic (exact) mass is 227 g/mol. The number of allylic oxidation sites excluding steroid dienone is 2. The third-order valence-corrected chi connectivity index (χ3v) is 2.32. The summed E-state index contributed by atoms with van der Waals surface area (Å²) in [4.78, 5) is 4.13. The van der Waals surface area contributed by atoms with Crippen LogP contribution in [-0.2, 0) is 0 Å². The van der Waals surface area contributed by atoms with Crippen LogP contribution >= 0.6 is 0 Å². The lowest BCUT2D eigenvalue weighted by atomic mass is 10.2. The number of nitrogens with zero attached hydrogens (tertiary/aromatic N) is 2. The van der Waals surface area contributed by atoms with Gasteiger partial charge in [0.2, 0.25) is 0 Å². The third kappa shape index (κ3) is 2.34. The molecule has 0 saturated carbocycles. The van der Waals surface area contributed by atoms with Crippen molar-refractivity contribution in [3.63, 3.8) is 0 Å². The number of anilines is 1. The Kier molecular flexibility index (Phi) is 2.91. The summed E-state index contributed by atoms with van der Waals surface area (Å²) in [6.45, 7) is 0. The normalized spacial score (nSPS) is 12.4. The number of rotatable bonds is 3. The zero-order valence-electron chi connectivity index (χ0n) is 9.17. The fraction of sp³-hybridized carbons (Fsp3) is 0. The summed E-state index contributed by atoms with van der Waals surface area (Å²) < 4.78 is 1.85. The van der Waals surface area contributed by atoms with E-state index in [4.69, 9.17) is 16.9 Å². The molecule has 0 amide bonds. The first-order chi connectivity index (χ1) is 8.22. The van der Waals surface area contributed by atoms with Gasteiger partial charge in [-0.15, -0.1) is 0 Å². The summed E-state index contributed by atoms with van der Waals surface area (Å²) in [7, 11) is 0. The molecule has 86 valence electrons. The van der Waals surface area contributed by atoms with Gasteiger partial charge in [0.25, 0.3) is 0 Å². The van der Waals surface area contributed by atoms with Crippen molar-refractivity contribution in [2.75, 3.05) is 5.73 Å². The SMILES string of the molecule is N=CC(=C\N)/C=C/c1ccc2nc(N)cn2c1. The first kappa shape index (κ1) is 10.9. The molecule has 0 unspecified atom stereocenters. The molecule has 0 bridgehead atoms. The van der Waals surface area contributed by atoms with Crippen LogP contribution in [-0.4, -0.2) is 15.6 Å². The minimum absolute atomic E-state index is 0.494. The van der Waals surface area contributed by atoms with Crippen molar-refractivity contribution >= 4 is 23.8 Å². The molecule has 0 aliphatic heterocycles. The number of fused-ring (bicyclic) bond motifs is 1. The fourth-order valence-electron chi connectivity index (χ4n) is 1.47. The second-order valence-electron chi connectivity index (χ2n) is 3.54. The van der Waals surface area contributed by atoms with Crippen LogP contribution in [0.25, 0.3) is 11.7 Å². The largest absolute Gasteiger partial charge is 0.404 e. The number of aromatic nitrogens is 2. The molecular formula is C12H13N5. The lowest BCUT2D eigenvalue weighted by Crippen LogP contribution is -1.87. The van der Waals surface area contributed by atoms with E-state index >= 15 is 0 Å². The number of pyridine rings is 1. The highest BCUT2D eigenvalue weighted by atomic mass is 15.0. The Morgan fingerprint density at radius 1 is 1.35 bits per heavy atom. The molecule has 17 heavy (non-hydrogen) atoms. The van der Waals surface area contributed by atoms with Gasteiger partial charge in [-0.2, -0.15) is 0 Å². The summed E-state index contributed by atoms with van der Waals surface area (Å²) in [5.41, 5.74) is 13.4. The van der Waals surface area contributed by atoms with Crippen LogP contribution in [0.2, 0.25) is 0 Å². The minimum atomic E-state index is 0.494. The van der Waals surface area contributed by atoms with Gasteiger partial charge in [0.05, 0.1) is 6.20 Å². The molecule has 0 saturated heterocycles. The molecule has 0 atom stereocenters. The molecule has 0 radical (unpaired) electrons. The van der Waals surface area contributed by atoms with Gasteiger partial charge in [0.15, 0.2) is 0 Å². The summed E-state index contributed by atoms with van der Waals surface area (Å²) >= 11 is 0. The standard InChI is InChI=1S/C12H13N5/c13-5-10(6-14)2-1-9-3-4-12-16-11(15)8-17(12)7-9/h1-8,13H,14-15H2/b2-1+,10-6-,13-5?. The maximum absolute atomic E-state index is 7.10. The predicted molar refractivity (Wildman–Crippen MR) is 69.7 cm³/mol. The summed E-state index contributed by atoms with van der Waals surface area (Å²) in [5.74, 6) is 0.494. The molecule has 0 spiro atoms. The predicted octanol–water partition coefficient (Wildman–Crippen LogP) is 1.42. The molecule has 0 fully saturated rings. The van der Waals surface area contributed by atoms with E-state index in [1.165, 1.54) is 12.4 Å². The zero-order valence-corrected chi connectivity index (χ0v) is 9.17. The van der Waals surface area contributed by atoms with Crippen LogP contribution in [0.15, 0.2) is 42.4 Å². The maximum Gasteiger partial charge on any atom is 0.142 e. The van der Waals surface area contributed by atoms with E-state index in [2.05, 4.69) is 4.98 Å². The Hall–Kier alpha value is -2.56. The molecule has 5 nitrogen and oxygen atoms in total. The Bertz CT molecular complexity index is 606. The van der Waals surface area contributed by atoms with E-state index in [-0.39, 0.29) is 0 Å². The maximum atomic E-state index is 7.10. The van der Waals surface area contributed by atoms with E-state index in [1.807, 2.05) is 28.8 Å². The van der Waals surface area contributed by atoms with Crippen molar-refractivity contribution in [1.82, 2.24) is 9.38 Å². The fourth-order valence-corrected chi connectivity index (χ4v) is 1.47. The first-order valence-corrected chi connectivity index (χ1v) is 5.07. The highest BCUT2D eigenvalue weighted by Gasteiger charge is 1.97. The molecule has 0 aliphatic carbocycles. The number of hydrogen-bond acceptors (Lipinski definition) is 4. The van der Waals surface area contributed by atoms with Crippen molar-refractivity contribution < 1.29 is 0 Å². The van der Waals surface area contributed by atoms with Crippen LogP contribution in [0, 0.1) is 5.41 Å². The molecule has 2 heterocycles. The van der Waals surface area contributed by atoms with Crippen molar-refractivity contribution in [3.05, 3.63) is 47.9 Å². The number of imidazole rings is 1. The van der Waals surface area contributed by atoms with Gasteiger partial charge < -0.3 is 21.3 Å². The minimum Gasteiger partial charge on any atom is -0.404 e. The van der Waals surface area contributed by atoms with Crippen LogP contribution in [0.1, 0.15) is 5.56 Å². The molecule has 5 N–H and O–H groups in total. The second-order valence-corrected chi connectivity index (χ2v) is 3.54. The quantitative estimate of drug-likeness (QED) is 0.547. The third-order valence-electron chi connectivity index (χ3n) is 2.32.